The molecule has 5 rings (SSSR count). The Morgan fingerprint density at radius 2 is 1.67 bits per heavy atom. The van der Waals surface area contributed by atoms with E-state index in [0.717, 1.165) is 28.8 Å². The molecule has 0 aromatic carbocycles. The van der Waals surface area contributed by atoms with Crippen LogP contribution < -0.4 is 0 Å². The summed E-state index contributed by atoms with van der Waals surface area (Å²) in [4.78, 5) is 12.6. The van der Waals surface area contributed by atoms with Crippen LogP contribution in [0, 0.1) is 6.92 Å². The number of aromatic nitrogens is 6. The maximum Gasteiger partial charge on any atom is 0.279 e. The lowest BCUT2D eigenvalue weighted by Gasteiger charge is -2.34. The van der Waals surface area contributed by atoms with E-state index >= 15 is 0 Å². The van der Waals surface area contributed by atoms with Gasteiger partial charge in [-0.25, -0.2) is 0 Å². The van der Waals surface area contributed by atoms with Gasteiger partial charge in [-0.1, -0.05) is 17.3 Å². The number of hydrogen-bond acceptors (Lipinski definition) is 6. The first-order valence-corrected chi connectivity index (χ1v) is 8.64. The second-order valence-electron chi connectivity index (χ2n) is 6.56. The maximum atomic E-state index is 5.30. The minimum atomic E-state index is -0.326. The van der Waals surface area contributed by atoms with Crippen LogP contribution in [0.5, 0.6) is 0 Å². The van der Waals surface area contributed by atoms with Gasteiger partial charge < -0.3 is 4.52 Å². The molecule has 0 radical (unpaired) electrons. The van der Waals surface area contributed by atoms with Gasteiger partial charge in [0.1, 0.15) is 0 Å². The first kappa shape index (κ1) is 15.6. The summed E-state index contributed by atoms with van der Waals surface area (Å²) in [5.74, 6) is 1.01. The molecule has 4 aromatic rings. The van der Waals surface area contributed by atoms with Crippen LogP contribution in [0.1, 0.15) is 28.2 Å². The van der Waals surface area contributed by atoms with Gasteiger partial charge in [-0.3, -0.25) is 15.1 Å². The minimum Gasteiger partial charge on any atom is -0.332 e. The van der Waals surface area contributed by atoms with E-state index in [1.54, 1.807) is 6.92 Å². The predicted molar refractivity (Wildman–Crippen MR) is 98.6 cm³/mol. The quantitative estimate of drug-likeness (QED) is 0.606. The zero-order valence-electron chi connectivity index (χ0n) is 14.6. The predicted octanol–water partition coefficient (Wildman–Crippen LogP) is 3.11. The van der Waals surface area contributed by atoms with E-state index in [1.807, 2.05) is 24.8 Å². The van der Waals surface area contributed by atoms with Crippen molar-refractivity contribution in [1.82, 2.24) is 30.3 Å². The van der Waals surface area contributed by atoms with Gasteiger partial charge in [0, 0.05) is 47.9 Å². The van der Waals surface area contributed by atoms with Crippen molar-refractivity contribution in [3.8, 4) is 11.6 Å². The molecule has 7 nitrogen and oxygen atoms in total. The SMILES string of the molecule is Cc1noc(-c2n[nH]c3c2C=CC(c2ccncc2)(c2ccncc2)C3)n1. The average molecular weight is 356 g/mol. The van der Waals surface area contributed by atoms with E-state index in [1.165, 1.54) is 0 Å². The molecule has 0 spiro atoms. The first-order valence-electron chi connectivity index (χ1n) is 8.64. The molecular formula is C20H16N6O. The Labute approximate surface area is 155 Å². The molecule has 4 aromatic heterocycles. The zero-order chi connectivity index (χ0) is 18.3. The lowest BCUT2D eigenvalue weighted by atomic mass is 9.69. The molecule has 0 unspecified atom stereocenters. The molecule has 7 heteroatoms. The Morgan fingerprint density at radius 1 is 1.00 bits per heavy atom. The van der Waals surface area contributed by atoms with E-state index in [2.05, 4.69) is 66.7 Å². The lowest BCUT2D eigenvalue weighted by molar-refractivity contribution is 0.424. The third kappa shape index (κ3) is 2.47. The average Bonchev–Trinajstić information content (AvgIpc) is 3.34. The minimum absolute atomic E-state index is 0.326. The van der Waals surface area contributed by atoms with E-state index in [4.69, 9.17) is 4.52 Å². The second kappa shape index (κ2) is 5.98. The Balaban J connectivity index is 1.66. The highest BCUT2D eigenvalue weighted by Gasteiger charge is 2.37. The summed E-state index contributed by atoms with van der Waals surface area (Å²) in [5.41, 5.74) is 4.69. The molecule has 0 saturated carbocycles. The molecule has 0 bridgehead atoms. The fraction of sp³-hybridized carbons (Fsp3) is 0.150. The first-order chi connectivity index (χ1) is 13.3. The van der Waals surface area contributed by atoms with Gasteiger partial charge in [0.05, 0.1) is 0 Å². The van der Waals surface area contributed by atoms with E-state index in [0.29, 0.717) is 17.4 Å². The monoisotopic (exact) mass is 356 g/mol. The van der Waals surface area contributed by atoms with E-state index in [9.17, 15) is 0 Å². The summed E-state index contributed by atoms with van der Waals surface area (Å²) in [6, 6.07) is 8.20. The second-order valence-corrected chi connectivity index (χ2v) is 6.56. The summed E-state index contributed by atoms with van der Waals surface area (Å²) >= 11 is 0. The Morgan fingerprint density at radius 3 is 2.26 bits per heavy atom. The van der Waals surface area contributed by atoms with Crippen molar-refractivity contribution in [2.45, 2.75) is 18.8 Å². The molecule has 1 N–H and O–H groups in total. The van der Waals surface area contributed by atoms with Crippen molar-refractivity contribution in [2.75, 3.05) is 0 Å². The van der Waals surface area contributed by atoms with Gasteiger partial charge >= 0.3 is 0 Å². The number of aromatic amines is 1. The fourth-order valence-electron chi connectivity index (χ4n) is 3.68. The fourth-order valence-corrected chi connectivity index (χ4v) is 3.68. The molecule has 0 atom stereocenters. The Kier molecular flexibility index (Phi) is 3.46. The summed E-state index contributed by atoms with van der Waals surface area (Å²) in [6.45, 7) is 1.79. The van der Waals surface area contributed by atoms with Crippen molar-refractivity contribution in [3.63, 3.8) is 0 Å². The number of rotatable bonds is 3. The molecule has 4 heterocycles. The normalized spacial score (nSPS) is 14.9. The van der Waals surface area contributed by atoms with Crippen molar-refractivity contribution >= 4 is 6.08 Å². The van der Waals surface area contributed by atoms with Crippen LogP contribution >= 0.6 is 0 Å². The molecule has 0 fully saturated rings. The van der Waals surface area contributed by atoms with Crippen LogP contribution in [-0.4, -0.2) is 30.3 Å². The largest absolute Gasteiger partial charge is 0.332 e. The Bertz CT molecular complexity index is 1070. The summed E-state index contributed by atoms with van der Waals surface area (Å²) in [7, 11) is 0. The molecule has 0 aliphatic heterocycles. The van der Waals surface area contributed by atoms with Crippen molar-refractivity contribution in [1.29, 1.82) is 0 Å². The summed E-state index contributed by atoms with van der Waals surface area (Å²) < 4.78 is 5.30. The number of aryl methyl sites for hydroxylation is 1. The molecule has 27 heavy (non-hydrogen) atoms. The van der Waals surface area contributed by atoms with Crippen LogP contribution in [0.15, 0.2) is 59.7 Å². The van der Waals surface area contributed by atoms with Crippen LogP contribution in [0.25, 0.3) is 17.7 Å². The number of pyridine rings is 2. The number of nitrogens with zero attached hydrogens (tertiary/aromatic N) is 5. The summed E-state index contributed by atoms with van der Waals surface area (Å²) in [5, 5.41) is 11.5. The molecular weight excluding hydrogens is 340 g/mol. The lowest BCUT2D eigenvalue weighted by Crippen LogP contribution is -2.30. The molecule has 132 valence electrons. The van der Waals surface area contributed by atoms with Crippen LogP contribution in [0.3, 0.4) is 0 Å². The maximum absolute atomic E-state index is 5.30. The standard InChI is InChI=1S/C20H16N6O/c1-13-23-19(27-26-13)18-16-2-7-20(12-17(16)24-25-18,14-3-8-21-9-4-14)15-5-10-22-11-6-15/h2-11H,12H2,1H3,(H,24,25). The van der Waals surface area contributed by atoms with Gasteiger partial charge in [-0.15, -0.1) is 0 Å². The number of fused-ring (bicyclic) bond motifs is 1. The molecule has 1 aliphatic rings. The summed E-state index contributed by atoms with van der Waals surface area (Å²) in [6.07, 6.45) is 12.3. The van der Waals surface area contributed by atoms with Gasteiger partial charge in [0.15, 0.2) is 11.5 Å². The highest BCUT2D eigenvalue weighted by Crippen LogP contribution is 2.42. The van der Waals surface area contributed by atoms with Crippen LogP contribution in [0.2, 0.25) is 0 Å². The highest BCUT2D eigenvalue weighted by atomic mass is 16.5. The highest BCUT2D eigenvalue weighted by molar-refractivity contribution is 5.72. The zero-order valence-corrected chi connectivity index (χ0v) is 14.6. The van der Waals surface area contributed by atoms with Gasteiger partial charge in [-0.05, 0) is 42.3 Å². The third-order valence-corrected chi connectivity index (χ3v) is 4.99. The third-order valence-electron chi connectivity index (χ3n) is 4.99. The smallest absolute Gasteiger partial charge is 0.279 e. The Hall–Kier alpha value is -3.61. The van der Waals surface area contributed by atoms with Gasteiger partial charge in [-0.2, -0.15) is 10.1 Å². The van der Waals surface area contributed by atoms with Crippen molar-refractivity contribution < 1.29 is 4.52 Å². The molecule has 0 amide bonds. The molecule has 1 aliphatic carbocycles. The molecule has 0 saturated heterocycles. The van der Waals surface area contributed by atoms with E-state index in [-0.39, 0.29) is 5.41 Å². The van der Waals surface area contributed by atoms with Crippen LogP contribution in [-0.2, 0) is 11.8 Å². The van der Waals surface area contributed by atoms with Gasteiger partial charge in [0.25, 0.3) is 5.89 Å². The number of allylic oxidation sites excluding steroid dienone is 1. The van der Waals surface area contributed by atoms with Gasteiger partial charge in [0.2, 0.25) is 0 Å². The van der Waals surface area contributed by atoms with Crippen molar-refractivity contribution in [2.24, 2.45) is 0 Å². The van der Waals surface area contributed by atoms with Crippen molar-refractivity contribution in [3.05, 3.63) is 83.3 Å². The number of hydrogen-bond donors (Lipinski definition) is 1. The number of H-pyrrole nitrogens is 1. The topological polar surface area (TPSA) is 93.4 Å². The number of nitrogens with one attached hydrogen (secondary N) is 1. The van der Waals surface area contributed by atoms with E-state index < -0.39 is 0 Å². The van der Waals surface area contributed by atoms with Crippen LogP contribution in [0.4, 0.5) is 0 Å².